The van der Waals surface area contributed by atoms with E-state index in [1.807, 2.05) is 0 Å². The van der Waals surface area contributed by atoms with Gasteiger partial charge in [-0.3, -0.25) is 0 Å². The molecular formula is C10H9F2NO. The molecule has 2 aromatic rings. The van der Waals surface area contributed by atoms with E-state index in [-0.39, 0.29) is 12.1 Å². The molecule has 0 saturated carbocycles. The first-order chi connectivity index (χ1) is 6.72. The fourth-order valence-electron chi connectivity index (χ4n) is 1.54. The number of aliphatic hydroxyl groups excluding tert-OH is 1. The van der Waals surface area contributed by atoms with Gasteiger partial charge in [-0.05, 0) is 18.1 Å². The minimum Gasteiger partial charge on any atom is -0.396 e. The van der Waals surface area contributed by atoms with Crippen molar-refractivity contribution < 1.29 is 13.9 Å². The molecule has 0 aliphatic carbocycles. The van der Waals surface area contributed by atoms with Crippen molar-refractivity contribution in [3.8, 4) is 0 Å². The van der Waals surface area contributed by atoms with Crippen LogP contribution in [0.2, 0.25) is 0 Å². The number of fused-ring (bicyclic) bond motifs is 1. The van der Waals surface area contributed by atoms with E-state index in [1.165, 1.54) is 6.07 Å². The Balaban J connectivity index is 2.66. The number of aromatic nitrogens is 1. The largest absolute Gasteiger partial charge is 0.396 e. The molecule has 1 aromatic carbocycles. The molecule has 0 amide bonds. The minimum atomic E-state index is -0.607. The maximum absolute atomic E-state index is 13.2. The molecule has 0 aliphatic rings. The first kappa shape index (κ1) is 9.15. The van der Waals surface area contributed by atoms with Gasteiger partial charge in [0.1, 0.15) is 11.6 Å². The number of benzene rings is 1. The summed E-state index contributed by atoms with van der Waals surface area (Å²) in [5.41, 5.74) is 1.01. The third kappa shape index (κ3) is 1.37. The second kappa shape index (κ2) is 3.38. The second-order valence-corrected chi connectivity index (χ2v) is 3.10. The molecule has 2 rings (SSSR count). The molecule has 0 atom stereocenters. The van der Waals surface area contributed by atoms with E-state index in [0.717, 1.165) is 11.6 Å². The lowest BCUT2D eigenvalue weighted by Gasteiger charge is -1.96. The molecule has 0 aliphatic heterocycles. The van der Waals surface area contributed by atoms with Crippen LogP contribution in [-0.4, -0.2) is 16.7 Å². The summed E-state index contributed by atoms with van der Waals surface area (Å²) < 4.78 is 26.0. The van der Waals surface area contributed by atoms with Crippen LogP contribution in [0.4, 0.5) is 8.78 Å². The third-order valence-electron chi connectivity index (χ3n) is 2.17. The van der Waals surface area contributed by atoms with Crippen molar-refractivity contribution in [2.75, 3.05) is 6.61 Å². The van der Waals surface area contributed by atoms with Gasteiger partial charge in [-0.25, -0.2) is 8.78 Å². The number of halogens is 2. The molecule has 0 fully saturated rings. The monoisotopic (exact) mass is 197 g/mol. The SMILES string of the molecule is OCCc1c[nH]c2c(F)cc(F)cc12. The van der Waals surface area contributed by atoms with Crippen LogP contribution in [0.3, 0.4) is 0 Å². The van der Waals surface area contributed by atoms with E-state index in [0.29, 0.717) is 11.8 Å². The highest BCUT2D eigenvalue weighted by Gasteiger charge is 2.09. The van der Waals surface area contributed by atoms with Crippen LogP contribution in [0.15, 0.2) is 18.3 Å². The van der Waals surface area contributed by atoms with Crippen molar-refractivity contribution in [3.05, 3.63) is 35.5 Å². The summed E-state index contributed by atoms with van der Waals surface area (Å²) in [5, 5.41) is 9.23. The summed E-state index contributed by atoms with van der Waals surface area (Å²) in [5.74, 6) is -1.21. The van der Waals surface area contributed by atoms with Crippen molar-refractivity contribution in [2.45, 2.75) is 6.42 Å². The zero-order chi connectivity index (χ0) is 10.1. The van der Waals surface area contributed by atoms with Crippen LogP contribution < -0.4 is 0 Å². The molecule has 4 heteroatoms. The van der Waals surface area contributed by atoms with Crippen LogP contribution in [0, 0.1) is 11.6 Å². The quantitative estimate of drug-likeness (QED) is 0.758. The molecule has 1 aromatic heterocycles. The molecular weight excluding hydrogens is 188 g/mol. The lowest BCUT2D eigenvalue weighted by molar-refractivity contribution is 0.300. The van der Waals surface area contributed by atoms with Gasteiger partial charge in [0.15, 0.2) is 0 Å². The standard InChI is InChI=1S/C10H9F2NO/c11-7-3-8-6(1-2-14)5-13-10(8)9(12)4-7/h3-5,13-14H,1-2H2. The molecule has 14 heavy (non-hydrogen) atoms. The number of nitrogens with one attached hydrogen (secondary N) is 1. The predicted octanol–water partition coefficient (Wildman–Crippen LogP) is 1.98. The summed E-state index contributed by atoms with van der Waals surface area (Å²) in [7, 11) is 0. The van der Waals surface area contributed by atoms with E-state index in [4.69, 9.17) is 5.11 Å². The Morgan fingerprint density at radius 2 is 2.07 bits per heavy atom. The van der Waals surface area contributed by atoms with Crippen molar-refractivity contribution in [1.29, 1.82) is 0 Å². The van der Waals surface area contributed by atoms with Gasteiger partial charge >= 0.3 is 0 Å². The van der Waals surface area contributed by atoms with E-state index in [2.05, 4.69) is 4.98 Å². The molecule has 0 saturated heterocycles. The molecule has 1 heterocycles. The highest BCUT2D eigenvalue weighted by Crippen LogP contribution is 2.22. The van der Waals surface area contributed by atoms with Gasteiger partial charge in [-0.2, -0.15) is 0 Å². The van der Waals surface area contributed by atoms with Gasteiger partial charge in [0, 0.05) is 24.3 Å². The molecule has 0 spiro atoms. The van der Waals surface area contributed by atoms with Gasteiger partial charge in [0.2, 0.25) is 0 Å². The second-order valence-electron chi connectivity index (χ2n) is 3.10. The van der Waals surface area contributed by atoms with E-state index < -0.39 is 11.6 Å². The zero-order valence-electron chi connectivity index (χ0n) is 7.35. The van der Waals surface area contributed by atoms with Gasteiger partial charge in [0.05, 0.1) is 5.52 Å². The average molecular weight is 197 g/mol. The van der Waals surface area contributed by atoms with Crippen molar-refractivity contribution in [2.24, 2.45) is 0 Å². The number of hydrogen-bond acceptors (Lipinski definition) is 1. The molecule has 0 radical (unpaired) electrons. The summed E-state index contributed by atoms with van der Waals surface area (Å²) in [6.07, 6.45) is 1.98. The lowest BCUT2D eigenvalue weighted by atomic mass is 10.1. The average Bonchev–Trinajstić information content (AvgIpc) is 2.49. The van der Waals surface area contributed by atoms with Crippen LogP contribution in [0.25, 0.3) is 10.9 Å². The fraction of sp³-hybridized carbons (Fsp3) is 0.200. The van der Waals surface area contributed by atoms with E-state index in [9.17, 15) is 8.78 Å². The Bertz CT molecular complexity index is 464. The van der Waals surface area contributed by atoms with Gasteiger partial charge in [0.25, 0.3) is 0 Å². The summed E-state index contributed by atoms with van der Waals surface area (Å²) >= 11 is 0. The summed E-state index contributed by atoms with van der Waals surface area (Å²) in [6, 6.07) is 2.10. The Labute approximate surface area is 79.2 Å². The fourth-order valence-corrected chi connectivity index (χ4v) is 1.54. The minimum absolute atomic E-state index is 0.0366. The number of hydrogen-bond donors (Lipinski definition) is 2. The number of rotatable bonds is 2. The van der Waals surface area contributed by atoms with Crippen molar-refractivity contribution in [3.63, 3.8) is 0 Å². The molecule has 0 bridgehead atoms. The lowest BCUT2D eigenvalue weighted by Crippen LogP contribution is -1.89. The van der Waals surface area contributed by atoms with E-state index >= 15 is 0 Å². The third-order valence-corrected chi connectivity index (χ3v) is 2.17. The normalized spacial score (nSPS) is 11.1. The van der Waals surface area contributed by atoms with Gasteiger partial charge < -0.3 is 10.1 Å². The molecule has 74 valence electrons. The molecule has 2 nitrogen and oxygen atoms in total. The summed E-state index contributed by atoms with van der Waals surface area (Å²) in [6.45, 7) is -0.0366. The highest BCUT2D eigenvalue weighted by atomic mass is 19.1. The Kier molecular flexibility index (Phi) is 2.21. The van der Waals surface area contributed by atoms with Crippen molar-refractivity contribution >= 4 is 10.9 Å². The van der Waals surface area contributed by atoms with Crippen LogP contribution in [0.5, 0.6) is 0 Å². The smallest absolute Gasteiger partial charge is 0.150 e. The topological polar surface area (TPSA) is 36.0 Å². The number of aliphatic hydroxyl groups is 1. The number of aromatic amines is 1. The Morgan fingerprint density at radius 3 is 2.79 bits per heavy atom. The number of H-pyrrole nitrogens is 1. The van der Waals surface area contributed by atoms with Gasteiger partial charge in [-0.1, -0.05) is 0 Å². The molecule has 2 N–H and O–H groups in total. The first-order valence-corrected chi connectivity index (χ1v) is 4.28. The Hall–Kier alpha value is -1.42. The van der Waals surface area contributed by atoms with Crippen LogP contribution in [0.1, 0.15) is 5.56 Å². The van der Waals surface area contributed by atoms with E-state index in [1.54, 1.807) is 6.20 Å². The zero-order valence-corrected chi connectivity index (χ0v) is 7.35. The van der Waals surface area contributed by atoms with Crippen LogP contribution in [-0.2, 0) is 6.42 Å². The first-order valence-electron chi connectivity index (χ1n) is 4.28. The maximum atomic E-state index is 13.2. The Morgan fingerprint density at radius 1 is 1.29 bits per heavy atom. The van der Waals surface area contributed by atoms with Crippen LogP contribution >= 0.6 is 0 Å². The maximum Gasteiger partial charge on any atom is 0.150 e. The van der Waals surface area contributed by atoms with Gasteiger partial charge in [-0.15, -0.1) is 0 Å². The summed E-state index contributed by atoms with van der Waals surface area (Å²) in [4.78, 5) is 2.72. The predicted molar refractivity (Wildman–Crippen MR) is 49.0 cm³/mol. The van der Waals surface area contributed by atoms with Crippen molar-refractivity contribution in [1.82, 2.24) is 4.98 Å². The molecule has 0 unspecified atom stereocenters. The highest BCUT2D eigenvalue weighted by molar-refractivity contribution is 5.83.